The van der Waals surface area contributed by atoms with Crippen LogP contribution in [0.25, 0.3) is 10.9 Å². The van der Waals surface area contributed by atoms with Gasteiger partial charge in [0.1, 0.15) is 6.29 Å². The summed E-state index contributed by atoms with van der Waals surface area (Å²) in [5.41, 5.74) is 4.17. The summed E-state index contributed by atoms with van der Waals surface area (Å²) in [6.07, 6.45) is 5.24. The molecule has 2 heteroatoms. The first-order chi connectivity index (χ1) is 8.33. The van der Waals surface area contributed by atoms with E-state index in [1.807, 2.05) is 0 Å². The molecule has 0 amide bonds. The van der Waals surface area contributed by atoms with E-state index in [9.17, 15) is 4.79 Å². The fourth-order valence-electron chi connectivity index (χ4n) is 3.25. The number of aromatic nitrogens is 1. The van der Waals surface area contributed by atoms with Gasteiger partial charge in [0, 0.05) is 30.1 Å². The highest BCUT2D eigenvalue weighted by molar-refractivity contribution is 5.86. The van der Waals surface area contributed by atoms with Crippen molar-refractivity contribution < 1.29 is 4.79 Å². The third-order valence-corrected chi connectivity index (χ3v) is 4.03. The number of nitrogens with zero attached hydrogens (tertiary/aromatic N) is 1. The van der Waals surface area contributed by atoms with Crippen LogP contribution in [0.1, 0.15) is 36.4 Å². The molecule has 1 unspecified atom stereocenters. The molecule has 1 atom stereocenters. The number of benzene rings is 1. The van der Waals surface area contributed by atoms with Gasteiger partial charge in [-0.3, -0.25) is 0 Å². The zero-order chi connectivity index (χ0) is 11.8. The number of aldehydes is 1. The Kier molecular flexibility index (Phi) is 2.50. The minimum absolute atomic E-state index is 0.433. The standard InChI is InChI=1S/C15H17NO/c1-16-13-7-3-2-6-12(13)15-11(9-10-17)5-4-8-14(15)16/h2-3,6-7,10-11H,4-5,8-9H2,1H3. The van der Waals surface area contributed by atoms with Crippen molar-refractivity contribution in [1.29, 1.82) is 0 Å². The summed E-state index contributed by atoms with van der Waals surface area (Å²) < 4.78 is 2.31. The number of hydrogen-bond acceptors (Lipinski definition) is 1. The molecule has 1 heterocycles. The van der Waals surface area contributed by atoms with Crippen LogP contribution in [0.5, 0.6) is 0 Å². The van der Waals surface area contributed by atoms with Crippen LogP contribution in [0.4, 0.5) is 0 Å². The number of aryl methyl sites for hydroxylation is 1. The molecule has 1 aromatic heterocycles. The van der Waals surface area contributed by atoms with Crippen LogP contribution < -0.4 is 0 Å². The van der Waals surface area contributed by atoms with Gasteiger partial charge in [0.15, 0.2) is 0 Å². The minimum Gasteiger partial charge on any atom is -0.347 e. The summed E-state index contributed by atoms with van der Waals surface area (Å²) >= 11 is 0. The molecule has 0 N–H and O–H groups in total. The second-order valence-electron chi connectivity index (χ2n) is 4.93. The number of hydrogen-bond donors (Lipinski definition) is 0. The van der Waals surface area contributed by atoms with Gasteiger partial charge in [-0.15, -0.1) is 0 Å². The number of carbonyl (C=O) groups is 1. The molecule has 3 rings (SSSR count). The fraction of sp³-hybridized carbons (Fsp3) is 0.400. The molecule has 1 aromatic carbocycles. The normalized spacial score (nSPS) is 19.2. The predicted octanol–water partition coefficient (Wildman–Crippen LogP) is 3.19. The SMILES string of the molecule is Cn1c2c(c3ccccc31)C(CC=O)CCC2. The largest absolute Gasteiger partial charge is 0.347 e. The van der Waals surface area contributed by atoms with E-state index in [0.717, 1.165) is 19.1 Å². The van der Waals surface area contributed by atoms with Crippen LogP contribution in [-0.2, 0) is 18.3 Å². The highest BCUT2D eigenvalue weighted by Crippen LogP contribution is 2.39. The van der Waals surface area contributed by atoms with Crippen LogP contribution in [0.2, 0.25) is 0 Å². The highest BCUT2D eigenvalue weighted by atomic mass is 16.1. The lowest BCUT2D eigenvalue weighted by Crippen LogP contribution is -2.11. The van der Waals surface area contributed by atoms with Crippen molar-refractivity contribution in [2.75, 3.05) is 0 Å². The second-order valence-corrected chi connectivity index (χ2v) is 4.93. The zero-order valence-electron chi connectivity index (χ0n) is 10.1. The first-order valence-electron chi connectivity index (χ1n) is 6.32. The second kappa shape index (κ2) is 4.02. The van der Waals surface area contributed by atoms with Crippen LogP contribution >= 0.6 is 0 Å². The minimum atomic E-state index is 0.433. The smallest absolute Gasteiger partial charge is 0.120 e. The highest BCUT2D eigenvalue weighted by Gasteiger charge is 2.25. The van der Waals surface area contributed by atoms with Crippen molar-refractivity contribution in [3.8, 4) is 0 Å². The number of para-hydroxylation sites is 1. The molecule has 0 radical (unpaired) electrons. The van der Waals surface area contributed by atoms with Gasteiger partial charge >= 0.3 is 0 Å². The van der Waals surface area contributed by atoms with E-state index in [4.69, 9.17) is 0 Å². The molecule has 1 aliphatic carbocycles. The van der Waals surface area contributed by atoms with Gasteiger partial charge in [0.05, 0.1) is 0 Å². The van der Waals surface area contributed by atoms with Crippen molar-refractivity contribution in [3.63, 3.8) is 0 Å². The Labute approximate surface area is 101 Å². The van der Waals surface area contributed by atoms with Gasteiger partial charge in [0.2, 0.25) is 0 Å². The molecular formula is C15H17NO. The van der Waals surface area contributed by atoms with Crippen LogP contribution in [0.15, 0.2) is 24.3 Å². The Bertz CT molecular complexity index is 568. The van der Waals surface area contributed by atoms with E-state index in [1.54, 1.807) is 0 Å². The van der Waals surface area contributed by atoms with Gasteiger partial charge < -0.3 is 9.36 Å². The summed E-state index contributed by atoms with van der Waals surface area (Å²) in [5.74, 6) is 0.433. The Morgan fingerprint density at radius 3 is 3.06 bits per heavy atom. The first kappa shape index (κ1) is 10.6. The predicted molar refractivity (Wildman–Crippen MR) is 69.3 cm³/mol. The molecule has 0 aliphatic heterocycles. The summed E-state index contributed by atoms with van der Waals surface area (Å²) in [4.78, 5) is 10.8. The lowest BCUT2D eigenvalue weighted by molar-refractivity contribution is -0.108. The van der Waals surface area contributed by atoms with Crippen molar-refractivity contribution >= 4 is 17.2 Å². The van der Waals surface area contributed by atoms with Crippen molar-refractivity contribution in [1.82, 2.24) is 4.57 Å². The molecule has 0 bridgehead atoms. The third-order valence-electron chi connectivity index (χ3n) is 4.03. The van der Waals surface area contributed by atoms with Gasteiger partial charge in [-0.1, -0.05) is 18.2 Å². The van der Waals surface area contributed by atoms with Gasteiger partial charge in [-0.05, 0) is 36.8 Å². The van der Waals surface area contributed by atoms with Crippen molar-refractivity contribution in [3.05, 3.63) is 35.5 Å². The summed E-state index contributed by atoms with van der Waals surface area (Å²) in [6.45, 7) is 0. The Hall–Kier alpha value is -1.57. The topological polar surface area (TPSA) is 22.0 Å². The van der Waals surface area contributed by atoms with Crippen LogP contribution in [0.3, 0.4) is 0 Å². The maximum atomic E-state index is 10.8. The molecule has 88 valence electrons. The molecule has 1 aliphatic rings. The van der Waals surface area contributed by atoms with E-state index < -0.39 is 0 Å². The summed E-state index contributed by atoms with van der Waals surface area (Å²) in [6, 6.07) is 8.54. The molecule has 0 saturated carbocycles. The number of rotatable bonds is 2. The third kappa shape index (κ3) is 1.51. The Morgan fingerprint density at radius 1 is 1.41 bits per heavy atom. The van der Waals surface area contributed by atoms with E-state index >= 15 is 0 Å². The molecule has 2 aromatic rings. The quantitative estimate of drug-likeness (QED) is 0.722. The average molecular weight is 227 g/mol. The fourth-order valence-corrected chi connectivity index (χ4v) is 3.25. The number of carbonyl (C=O) groups excluding carboxylic acids is 1. The van der Waals surface area contributed by atoms with Gasteiger partial charge in [-0.25, -0.2) is 0 Å². The van der Waals surface area contributed by atoms with Crippen LogP contribution in [-0.4, -0.2) is 10.9 Å². The molecule has 0 saturated heterocycles. The maximum Gasteiger partial charge on any atom is 0.120 e. The number of fused-ring (bicyclic) bond motifs is 3. The maximum absolute atomic E-state index is 10.8. The monoisotopic (exact) mass is 227 g/mol. The van der Waals surface area contributed by atoms with Crippen LogP contribution in [0, 0.1) is 0 Å². The van der Waals surface area contributed by atoms with Crippen molar-refractivity contribution in [2.24, 2.45) is 7.05 Å². The summed E-state index contributed by atoms with van der Waals surface area (Å²) in [5, 5.41) is 1.34. The Morgan fingerprint density at radius 2 is 2.24 bits per heavy atom. The lowest BCUT2D eigenvalue weighted by Gasteiger charge is -2.22. The van der Waals surface area contributed by atoms with Gasteiger partial charge in [-0.2, -0.15) is 0 Å². The lowest BCUT2D eigenvalue weighted by atomic mass is 9.83. The molecule has 0 spiro atoms. The van der Waals surface area contributed by atoms with Gasteiger partial charge in [0.25, 0.3) is 0 Å². The average Bonchev–Trinajstić information content (AvgIpc) is 2.66. The van der Waals surface area contributed by atoms with Crippen molar-refractivity contribution in [2.45, 2.75) is 31.6 Å². The van der Waals surface area contributed by atoms with E-state index in [-0.39, 0.29) is 0 Å². The first-order valence-corrected chi connectivity index (χ1v) is 6.32. The van der Waals surface area contributed by atoms with E-state index in [2.05, 4.69) is 35.9 Å². The van der Waals surface area contributed by atoms with E-state index in [1.165, 1.54) is 28.6 Å². The zero-order valence-corrected chi connectivity index (χ0v) is 10.1. The molecule has 17 heavy (non-hydrogen) atoms. The molecule has 2 nitrogen and oxygen atoms in total. The van der Waals surface area contributed by atoms with E-state index in [0.29, 0.717) is 12.3 Å². The molecular weight excluding hydrogens is 210 g/mol. The Balaban J connectivity index is 2.27. The molecule has 0 fully saturated rings. The summed E-state index contributed by atoms with van der Waals surface area (Å²) in [7, 11) is 2.14.